The zero-order valence-corrected chi connectivity index (χ0v) is 18.6. The Hall–Kier alpha value is -3.48. The Labute approximate surface area is 188 Å². The van der Waals surface area contributed by atoms with Crippen LogP contribution >= 0.6 is 0 Å². The molecule has 0 aliphatic carbocycles. The molecule has 32 heavy (non-hydrogen) atoms. The van der Waals surface area contributed by atoms with E-state index in [9.17, 15) is 4.79 Å². The molecule has 0 bridgehead atoms. The minimum Gasteiger partial charge on any atom is -0.490 e. The second-order valence-electron chi connectivity index (χ2n) is 7.83. The van der Waals surface area contributed by atoms with Crippen LogP contribution in [0.3, 0.4) is 0 Å². The van der Waals surface area contributed by atoms with E-state index in [-0.39, 0.29) is 11.9 Å². The Morgan fingerprint density at radius 3 is 2.66 bits per heavy atom. The molecule has 0 radical (unpaired) electrons. The molecule has 3 aromatic rings. The quantitative estimate of drug-likeness (QED) is 0.535. The molecule has 1 amide bonds. The van der Waals surface area contributed by atoms with E-state index in [1.54, 1.807) is 0 Å². The van der Waals surface area contributed by atoms with Crippen molar-refractivity contribution in [1.82, 2.24) is 15.5 Å². The number of nitrogens with one attached hydrogen (secondary N) is 2. The Morgan fingerprint density at radius 2 is 1.88 bits per heavy atom. The molecule has 1 aliphatic heterocycles. The van der Waals surface area contributed by atoms with Crippen LogP contribution in [0.15, 0.2) is 54.6 Å². The second-order valence-corrected chi connectivity index (χ2v) is 7.83. The van der Waals surface area contributed by atoms with Gasteiger partial charge in [-0.15, -0.1) is 0 Å². The summed E-state index contributed by atoms with van der Waals surface area (Å²) in [4.78, 5) is 14.9. The van der Waals surface area contributed by atoms with Gasteiger partial charge in [-0.1, -0.05) is 36.4 Å². The third kappa shape index (κ3) is 5.22. The summed E-state index contributed by atoms with van der Waals surface area (Å²) in [6, 6.07) is 18.0. The van der Waals surface area contributed by atoms with Crippen LogP contribution < -0.4 is 19.7 Å². The molecule has 2 aromatic carbocycles. The van der Waals surface area contributed by atoms with E-state index in [4.69, 9.17) is 9.47 Å². The fourth-order valence-corrected chi connectivity index (χ4v) is 3.99. The highest BCUT2D eigenvalue weighted by Crippen LogP contribution is 2.29. The third-order valence-corrected chi connectivity index (χ3v) is 5.50. The van der Waals surface area contributed by atoms with Gasteiger partial charge in [-0.2, -0.15) is 5.10 Å². The molecule has 7 nitrogen and oxygen atoms in total. The zero-order chi connectivity index (χ0) is 22.3. The Bertz CT molecular complexity index is 1030. The van der Waals surface area contributed by atoms with E-state index >= 15 is 0 Å². The summed E-state index contributed by atoms with van der Waals surface area (Å²) in [5, 5.41) is 10.8. The number of aromatic amines is 1. The number of H-pyrrole nitrogens is 1. The molecule has 1 aliphatic rings. The van der Waals surface area contributed by atoms with Crippen LogP contribution in [0.1, 0.15) is 25.8 Å². The van der Waals surface area contributed by atoms with Crippen molar-refractivity contribution in [2.75, 3.05) is 31.2 Å². The number of benzene rings is 2. The predicted octanol–water partition coefficient (Wildman–Crippen LogP) is 3.81. The number of anilines is 1. The minimum absolute atomic E-state index is 0.00969. The highest BCUT2D eigenvalue weighted by Gasteiger charge is 2.25. The maximum Gasteiger partial charge on any atom is 0.224 e. The van der Waals surface area contributed by atoms with Gasteiger partial charge in [0, 0.05) is 25.2 Å². The molecular weight excluding hydrogens is 404 g/mol. The normalized spacial score (nSPS) is 15.6. The van der Waals surface area contributed by atoms with Gasteiger partial charge in [0.25, 0.3) is 0 Å². The van der Waals surface area contributed by atoms with Crippen molar-refractivity contribution in [3.05, 3.63) is 60.2 Å². The van der Waals surface area contributed by atoms with Crippen molar-refractivity contribution in [3.63, 3.8) is 0 Å². The summed E-state index contributed by atoms with van der Waals surface area (Å²) in [5.74, 6) is 2.31. The molecule has 2 N–H and O–H groups in total. The molecule has 2 heterocycles. The molecule has 4 rings (SSSR count). The third-order valence-electron chi connectivity index (χ3n) is 5.50. The monoisotopic (exact) mass is 434 g/mol. The number of amides is 1. The Kier molecular flexibility index (Phi) is 6.94. The topological polar surface area (TPSA) is 79.5 Å². The van der Waals surface area contributed by atoms with E-state index in [1.165, 1.54) is 0 Å². The van der Waals surface area contributed by atoms with Gasteiger partial charge in [-0.3, -0.25) is 9.89 Å². The fourth-order valence-electron chi connectivity index (χ4n) is 3.99. The standard InChI is InChI=1S/C25H30N4O3/c1-3-31-22-11-10-18(14-23(22)32-4-2)15-25(30)26-20-12-13-29(17-20)24-16-21(27-28-24)19-8-6-5-7-9-19/h5-11,14,16,20H,3-4,12-13,15,17H2,1-2H3,(H,26,30)(H,27,28). The number of aromatic nitrogens is 2. The van der Waals surface area contributed by atoms with Crippen LogP contribution in [0, 0.1) is 0 Å². The SMILES string of the molecule is CCOc1ccc(CC(=O)NC2CCN(c3cc(-c4ccccc4)[nH]n3)C2)cc1OCC. The first-order chi connectivity index (χ1) is 15.7. The van der Waals surface area contributed by atoms with Gasteiger partial charge in [-0.05, 0) is 43.5 Å². The lowest BCUT2D eigenvalue weighted by atomic mass is 10.1. The maximum atomic E-state index is 12.7. The highest BCUT2D eigenvalue weighted by atomic mass is 16.5. The summed E-state index contributed by atoms with van der Waals surface area (Å²) in [6.07, 6.45) is 1.20. The lowest BCUT2D eigenvalue weighted by molar-refractivity contribution is -0.121. The number of ether oxygens (including phenoxy) is 2. The number of carbonyl (C=O) groups excluding carboxylic acids is 1. The lowest BCUT2D eigenvalue weighted by Crippen LogP contribution is -2.38. The van der Waals surface area contributed by atoms with Gasteiger partial charge < -0.3 is 19.7 Å². The van der Waals surface area contributed by atoms with Crippen molar-refractivity contribution < 1.29 is 14.3 Å². The lowest BCUT2D eigenvalue weighted by Gasteiger charge is -2.16. The maximum absolute atomic E-state index is 12.7. The van der Waals surface area contributed by atoms with Gasteiger partial charge >= 0.3 is 0 Å². The molecule has 0 saturated carbocycles. The van der Waals surface area contributed by atoms with Crippen molar-refractivity contribution in [1.29, 1.82) is 0 Å². The smallest absolute Gasteiger partial charge is 0.224 e. The van der Waals surface area contributed by atoms with E-state index in [0.717, 1.165) is 42.1 Å². The van der Waals surface area contributed by atoms with Crippen molar-refractivity contribution in [3.8, 4) is 22.8 Å². The van der Waals surface area contributed by atoms with E-state index in [2.05, 4.69) is 38.6 Å². The summed E-state index contributed by atoms with van der Waals surface area (Å²) in [7, 11) is 0. The number of hydrogen-bond acceptors (Lipinski definition) is 5. The zero-order valence-electron chi connectivity index (χ0n) is 18.6. The fraction of sp³-hybridized carbons (Fsp3) is 0.360. The average molecular weight is 435 g/mol. The van der Waals surface area contributed by atoms with Gasteiger partial charge in [-0.25, -0.2) is 0 Å². The number of hydrogen-bond donors (Lipinski definition) is 2. The largest absolute Gasteiger partial charge is 0.490 e. The first-order valence-electron chi connectivity index (χ1n) is 11.2. The van der Waals surface area contributed by atoms with Gasteiger partial charge in [0.15, 0.2) is 17.3 Å². The predicted molar refractivity (Wildman–Crippen MR) is 125 cm³/mol. The van der Waals surface area contributed by atoms with Crippen LogP contribution in [0.5, 0.6) is 11.5 Å². The first-order valence-corrected chi connectivity index (χ1v) is 11.2. The summed E-state index contributed by atoms with van der Waals surface area (Å²) in [6.45, 7) is 6.60. The summed E-state index contributed by atoms with van der Waals surface area (Å²) >= 11 is 0. The van der Waals surface area contributed by atoms with Gasteiger partial charge in [0.05, 0.1) is 25.3 Å². The summed E-state index contributed by atoms with van der Waals surface area (Å²) in [5.41, 5.74) is 3.01. The van der Waals surface area contributed by atoms with Gasteiger partial charge in [0.2, 0.25) is 5.91 Å². The Morgan fingerprint density at radius 1 is 1.09 bits per heavy atom. The van der Waals surface area contributed by atoms with E-state index in [1.807, 2.05) is 50.2 Å². The molecule has 1 aromatic heterocycles. The molecule has 7 heteroatoms. The highest BCUT2D eigenvalue weighted by molar-refractivity contribution is 5.79. The molecule has 1 saturated heterocycles. The molecule has 168 valence electrons. The van der Waals surface area contributed by atoms with Crippen LogP contribution in [-0.2, 0) is 11.2 Å². The minimum atomic E-state index is 0.00969. The van der Waals surface area contributed by atoms with Gasteiger partial charge in [0.1, 0.15) is 0 Å². The van der Waals surface area contributed by atoms with Crippen LogP contribution in [0.4, 0.5) is 5.82 Å². The van der Waals surface area contributed by atoms with Crippen LogP contribution in [0.2, 0.25) is 0 Å². The number of nitrogens with zero attached hydrogens (tertiary/aromatic N) is 2. The second kappa shape index (κ2) is 10.2. The van der Waals surface area contributed by atoms with Crippen molar-refractivity contribution >= 4 is 11.7 Å². The average Bonchev–Trinajstić information content (AvgIpc) is 3.46. The van der Waals surface area contributed by atoms with E-state index < -0.39 is 0 Å². The Balaban J connectivity index is 1.32. The van der Waals surface area contributed by atoms with E-state index in [0.29, 0.717) is 31.1 Å². The number of carbonyl (C=O) groups is 1. The first kappa shape index (κ1) is 21.7. The number of rotatable bonds is 9. The molecule has 1 atom stereocenters. The molecule has 1 unspecified atom stereocenters. The van der Waals surface area contributed by atoms with Crippen LogP contribution in [-0.4, -0.2) is 48.4 Å². The van der Waals surface area contributed by atoms with Crippen molar-refractivity contribution in [2.24, 2.45) is 0 Å². The van der Waals surface area contributed by atoms with Crippen molar-refractivity contribution in [2.45, 2.75) is 32.7 Å². The van der Waals surface area contributed by atoms with Crippen LogP contribution in [0.25, 0.3) is 11.3 Å². The molecule has 0 spiro atoms. The summed E-state index contributed by atoms with van der Waals surface area (Å²) < 4.78 is 11.3. The molecule has 1 fully saturated rings. The molecular formula is C25H30N4O3.